The molecule has 0 amide bonds. The summed E-state index contributed by atoms with van der Waals surface area (Å²) < 4.78 is 0. The highest BCUT2D eigenvalue weighted by molar-refractivity contribution is 5.41. The van der Waals surface area contributed by atoms with Crippen molar-refractivity contribution in [2.45, 2.75) is 6.54 Å². The molecule has 0 aliphatic carbocycles. The predicted molar refractivity (Wildman–Crippen MR) is 83.4 cm³/mol. The van der Waals surface area contributed by atoms with Crippen molar-refractivity contribution in [3.63, 3.8) is 0 Å². The SMILES string of the molecule is c1ccc(CN2CCN(Nc3ccccc3)CC2)cc1. The third kappa shape index (κ3) is 3.59. The van der Waals surface area contributed by atoms with Crippen molar-refractivity contribution in [1.82, 2.24) is 9.91 Å². The highest BCUT2D eigenvalue weighted by Crippen LogP contribution is 2.11. The molecular weight excluding hydrogens is 246 g/mol. The maximum Gasteiger partial charge on any atom is 0.0490 e. The van der Waals surface area contributed by atoms with E-state index >= 15 is 0 Å². The molecule has 1 heterocycles. The van der Waals surface area contributed by atoms with E-state index in [2.05, 4.69) is 69.9 Å². The van der Waals surface area contributed by atoms with E-state index in [9.17, 15) is 0 Å². The fraction of sp³-hybridized carbons (Fsp3) is 0.294. The normalized spacial score (nSPS) is 17.0. The molecule has 3 heteroatoms. The third-order valence-electron chi connectivity index (χ3n) is 3.68. The van der Waals surface area contributed by atoms with Crippen LogP contribution in [0.4, 0.5) is 5.69 Å². The van der Waals surface area contributed by atoms with E-state index in [1.807, 2.05) is 6.07 Å². The standard InChI is InChI=1S/C17H21N3/c1-3-7-16(8-4-1)15-19-11-13-20(14-12-19)18-17-9-5-2-6-10-17/h1-10,18H,11-15H2. The van der Waals surface area contributed by atoms with Crippen LogP contribution in [0.25, 0.3) is 0 Å². The molecule has 1 aliphatic heterocycles. The third-order valence-corrected chi connectivity index (χ3v) is 3.68. The molecule has 1 aliphatic rings. The summed E-state index contributed by atoms with van der Waals surface area (Å²) in [7, 11) is 0. The zero-order valence-electron chi connectivity index (χ0n) is 11.7. The number of hydrogen-bond acceptors (Lipinski definition) is 3. The number of anilines is 1. The maximum atomic E-state index is 3.47. The van der Waals surface area contributed by atoms with Crippen LogP contribution in [0.5, 0.6) is 0 Å². The van der Waals surface area contributed by atoms with E-state index < -0.39 is 0 Å². The minimum atomic E-state index is 1.06. The Bertz CT molecular complexity index is 455. The van der Waals surface area contributed by atoms with Crippen LogP contribution in [0.2, 0.25) is 0 Å². The van der Waals surface area contributed by atoms with E-state index in [0.29, 0.717) is 0 Å². The zero-order chi connectivity index (χ0) is 13.6. The first-order chi connectivity index (χ1) is 9.90. The maximum absolute atomic E-state index is 3.47. The number of para-hydroxylation sites is 1. The van der Waals surface area contributed by atoms with Gasteiger partial charge in [0, 0.05) is 38.4 Å². The molecule has 0 saturated carbocycles. The van der Waals surface area contributed by atoms with Crippen molar-refractivity contribution in [1.29, 1.82) is 0 Å². The van der Waals surface area contributed by atoms with Crippen LogP contribution in [0.3, 0.4) is 0 Å². The molecule has 2 aromatic rings. The Morgan fingerprint density at radius 3 is 2.00 bits per heavy atom. The Morgan fingerprint density at radius 1 is 0.750 bits per heavy atom. The molecule has 1 N–H and O–H groups in total. The van der Waals surface area contributed by atoms with Crippen LogP contribution in [0.1, 0.15) is 5.56 Å². The van der Waals surface area contributed by atoms with E-state index in [0.717, 1.165) is 32.7 Å². The van der Waals surface area contributed by atoms with Gasteiger partial charge in [-0.05, 0) is 17.7 Å². The first kappa shape index (κ1) is 13.2. The first-order valence-corrected chi connectivity index (χ1v) is 7.23. The highest BCUT2D eigenvalue weighted by Gasteiger charge is 2.16. The highest BCUT2D eigenvalue weighted by atomic mass is 15.5. The number of benzene rings is 2. The summed E-state index contributed by atoms with van der Waals surface area (Å²) in [5, 5.41) is 2.30. The summed E-state index contributed by atoms with van der Waals surface area (Å²) in [6.45, 7) is 5.38. The van der Waals surface area contributed by atoms with Crippen molar-refractivity contribution in [2.75, 3.05) is 31.6 Å². The van der Waals surface area contributed by atoms with Gasteiger partial charge in [0.1, 0.15) is 0 Å². The molecule has 0 bridgehead atoms. The second-order valence-electron chi connectivity index (χ2n) is 5.23. The molecular formula is C17H21N3. The Morgan fingerprint density at radius 2 is 1.35 bits per heavy atom. The van der Waals surface area contributed by atoms with Gasteiger partial charge in [0.15, 0.2) is 0 Å². The topological polar surface area (TPSA) is 18.5 Å². The summed E-state index contributed by atoms with van der Waals surface area (Å²) in [4.78, 5) is 2.51. The Labute approximate surface area is 120 Å². The molecule has 0 unspecified atom stereocenters. The number of piperazine rings is 1. The fourth-order valence-corrected chi connectivity index (χ4v) is 2.55. The molecule has 3 nitrogen and oxygen atoms in total. The Hall–Kier alpha value is -1.84. The molecule has 20 heavy (non-hydrogen) atoms. The summed E-state index contributed by atoms with van der Waals surface area (Å²) in [5.41, 5.74) is 6.04. The lowest BCUT2D eigenvalue weighted by molar-refractivity contribution is 0.147. The van der Waals surface area contributed by atoms with Crippen molar-refractivity contribution < 1.29 is 0 Å². The van der Waals surface area contributed by atoms with E-state index in [1.54, 1.807) is 0 Å². The van der Waals surface area contributed by atoms with Gasteiger partial charge < -0.3 is 5.43 Å². The smallest absolute Gasteiger partial charge is 0.0490 e. The number of rotatable bonds is 4. The number of nitrogens with one attached hydrogen (secondary N) is 1. The quantitative estimate of drug-likeness (QED) is 0.919. The van der Waals surface area contributed by atoms with Crippen molar-refractivity contribution in [3.8, 4) is 0 Å². The minimum Gasteiger partial charge on any atom is -0.319 e. The molecule has 1 saturated heterocycles. The average molecular weight is 267 g/mol. The Kier molecular flexibility index (Phi) is 4.31. The number of nitrogens with zero attached hydrogens (tertiary/aromatic N) is 2. The number of hydrogen-bond donors (Lipinski definition) is 1. The zero-order valence-corrected chi connectivity index (χ0v) is 11.7. The largest absolute Gasteiger partial charge is 0.319 e. The fourth-order valence-electron chi connectivity index (χ4n) is 2.55. The van der Waals surface area contributed by atoms with Gasteiger partial charge in [-0.3, -0.25) is 4.90 Å². The van der Waals surface area contributed by atoms with E-state index in [-0.39, 0.29) is 0 Å². The van der Waals surface area contributed by atoms with Gasteiger partial charge in [0.25, 0.3) is 0 Å². The van der Waals surface area contributed by atoms with Crippen molar-refractivity contribution >= 4 is 5.69 Å². The molecule has 1 fully saturated rings. The van der Waals surface area contributed by atoms with E-state index in [4.69, 9.17) is 0 Å². The summed E-state index contributed by atoms with van der Waals surface area (Å²) in [6, 6.07) is 21.1. The second kappa shape index (κ2) is 6.55. The first-order valence-electron chi connectivity index (χ1n) is 7.23. The average Bonchev–Trinajstić information content (AvgIpc) is 2.51. The monoisotopic (exact) mass is 267 g/mol. The van der Waals surface area contributed by atoms with Gasteiger partial charge in [0.05, 0.1) is 0 Å². The molecule has 0 spiro atoms. The van der Waals surface area contributed by atoms with Crippen LogP contribution < -0.4 is 5.43 Å². The summed E-state index contributed by atoms with van der Waals surface area (Å²) in [5.74, 6) is 0. The number of hydrazine groups is 1. The van der Waals surface area contributed by atoms with E-state index in [1.165, 1.54) is 11.3 Å². The molecule has 104 valence electrons. The van der Waals surface area contributed by atoms with Gasteiger partial charge in [-0.1, -0.05) is 48.5 Å². The summed E-state index contributed by atoms with van der Waals surface area (Å²) in [6.07, 6.45) is 0. The van der Waals surface area contributed by atoms with Gasteiger partial charge in [-0.15, -0.1) is 0 Å². The van der Waals surface area contributed by atoms with Crippen molar-refractivity contribution in [2.24, 2.45) is 0 Å². The summed E-state index contributed by atoms with van der Waals surface area (Å²) >= 11 is 0. The second-order valence-corrected chi connectivity index (χ2v) is 5.23. The van der Waals surface area contributed by atoms with Crippen LogP contribution >= 0.6 is 0 Å². The molecule has 2 aromatic carbocycles. The van der Waals surface area contributed by atoms with Gasteiger partial charge >= 0.3 is 0 Å². The van der Waals surface area contributed by atoms with Gasteiger partial charge in [-0.25, -0.2) is 5.01 Å². The lowest BCUT2D eigenvalue weighted by Crippen LogP contribution is -2.48. The van der Waals surface area contributed by atoms with Crippen molar-refractivity contribution in [3.05, 3.63) is 66.2 Å². The molecule has 3 rings (SSSR count). The molecule has 0 radical (unpaired) electrons. The minimum absolute atomic E-state index is 1.06. The predicted octanol–water partition coefficient (Wildman–Crippen LogP) is 2.83. The van der Waals surface area contributed by atoms with Crippen LogP contribution in [-0.2, 0) is 6.54 Å². The molecule has 0 aromatic heterocycles. The lowest BCUT2D eigenvalue weighted by atomic mass is 10.2. The van der Waals surface area contributed by atoms with Crippen LogP contribution in [-0.4, -0.2) is 36.1 Å². The van der Waals surface area contributed by atoms with Crippen LogP contribution in [0, 0.1) is 0 Å². The van der Waals surface area contributed by atoms with Gasteiger partial charge in [0.2, 0.25) is 0 Å². The molecule has 0 atom stereocenters. The van der Waals surface area contributed by atoms with Gasteiger partial charge in [-0.2, -0.15) is 0 Å². The Balaban J connectivity index is 1.47. The lowest BCUT2D eigenvalue weighted by Gasteiger charge is -2.35. The van der Waals surface area contributed by atoms with Crippen LogP contribution in [0.15, 0.2) is 60.7 Å².